The van der Waals surface area contributed by atoms with Crippen LogP contribution in [0.3, 0.4) is 0 Å². The molecule has 0 unspecified atom stereocenters. The molecule has 9 nitrogen and oxygen atoms in total. The maximum atomic E-state index is 13.4. The molecule has 4 saturated carbocycles. The van der Waals surface area contributed by atoms with E-state index in [0.717, 1.165) is 11.8 Å². The zero-order valence-electron chi connectivity index (χ0n) is 21.8. The summed E-state index contributed by atoms with van der Waals surface area (Å²) in [5.41, 5.74) is -0.513. The monoisotopic (exact) mass is 500 g/mol. The molecule has 2 amide bonds. The number of hydrogen-bond acceptors (Lipinski definition) is 5. The molecular weight excluding hydrogens is 460 g/mol. The van der Waals surface area contributed by atoms with Crippen molar-refractivity contribution in [2.24, 2.45) is 35.0 Å². The van der Waals surface area contributed by atoms with Gasteiger partial charge in [-0.05, 0) is 75.5 Å². The van der Waals surface area contributed by atoms with Crippen molar-refractivity contribution < 1.29 is 24.2 Å². The van der Waals surface area contributed by atoms with Gasteiger partial charge in [-0.1, -0.05) is 19.9 Å². The lowest BCUT2D eigenvalue weighted by Crippen LogP contribution is -2.55. The molecule has 5 rings (SSSR count). The number of carbonyl (C=O) groups excluding carboxylic acids is 2. The minimum atomic E-state index is -0.966. The Kier molecular flexibility index (Phi) is 7.76. The van der Waals surface area contributed by atoms with E-state index in [4.69, 9.17) is 9.84 Å². The van der Waals surface area contributed by atoms with Gasteiger partial charge in [0.1, 0.15) is 5.56 Å². The average Bonchev–Trinajstić information content (AvgIpc) is 3.20. The highest BCUT2D eigenvalue weighted by Crippen LogP contribution is 2.53. The molecule has 0 radical (unpaired) electrons. The fourth-order valence-electron chi connectivity index (χ4n) is 6.24. The molecule has 3 N–H and O–H groups in total. The predicted octanol–water partition coefficient (Wildman–Crippen LogP) is 3.56. The summed E-state index contributed by atoms with van der Waals surface area (Å²) in [6.45, 7) is 8.03. The van der Waals surface area contributed by atoms with Crippen LogP contribution < -0.4 is 15.4 Å². The van der Waals surface area contributed by atoms with Gasteiger partial charge in [-0.2, -0.15) is 5.10 Å². The molecule has 4 bridgehead atoms. The standard InChI is InChI=1S/C27H40N4O5/c1-16(2)15-36-25-21(24(34)30-23-19-10-17-9-18(12-19)13-20(23)11-17)14-29-31(25)8-6-27(3,4)26(35)28-7-5-22(32)33/h6,8,14,16-20,23H,5,7,9-13,15H2,1-4H3,(H,28,35)(H,30,34)(H,32,33). The van der Waals surface area contributed by atoms with Crippen molar-refractivity contribution >= 4 is 24.0 Å². The number of aliphatic carboxylic acids is 1. The van der Waals surface area contributed by atoms with Crippen molar-refractivity contribution in [1.29, 1.82) is 0 Å². The number of ether oxygens (including phenoxy) is 1. The van der Waals surface area contributed by atoms with Crippen molar-refractivity contribution in [3.05, 3.63) is 17.8 Å². The summed E-state index contributed by atoms with van der Waals surface area (Å²) < 4.78 is 7.54. The minimum Gasteiger partial charge on any atom is -0.481 e. The maximum Gasteiger partial charge on any atom is 0.305 e. The Hall–Kier alpha value is -2.84. The molecule has 1 aromatic heterocycles. The second-order valence-corrected chi connectivity index (χ2v) is 11.9. The Bertz CT molecular complexity index is 984. The van der Waals surface area contributed by atoms with Crippen LogP contribution in [0.5, 0.6) is 5.88 Å². The lowest BCUT2D eigenvalue weighted by atomic mass is 9.54. The number of hydrogen-bond donors (Lipinski definition) is 3. The first-order valence-corrected chi connectivity index (χ1v) is 13.2. The van der Waals surface area contributed by atoms with Crippen LogP contribution in [0.15, 0.2) is 12.3 Å². The van der Waals surface area contributed by atoms with E-state index in [1.807, 2.05) is 13.8 Å². The van der Waals surface area contributed by atoms with Gasteiger partial charge in [0.2, 0.25) is 11.8 Å². The van der Waals surface area contributed by atoms with Crippen LogP contribution in [0, 0.1) is 35.0 Å². The molecular formula is C27H40N4O5. The highest BCUT2D eigenvalue weighted by Gasteiger charge is 2.48. The van der Waals surface area contributed by atoms with Gasteiger partial charge in [-0.15, -0.1) is 0 Å². The summed E-state index contributed by atoms with van der Waals surface area (Å²) in [6.07, 6.45) is 11.0. The normalized spacial score (nSPS) is 27.0. The summed E-state index contributed by atoms with van der Waals surface area (Å²) in [5, 5.41) is 19.1. The number of nitrogens with one attached hydrogen (secondary N) is 2. The largest absolute Gasteiger partial charge is 0.481 e. The second kappa shape index (κ2) is 10.6. The molecule has 0 spiro atoms. The number of nitrogens with zero attached hydrogens (tertiary/aromatic N) is 2. The molecule has 0 atom stereocenters. The van der Waals surface area contributed by atoms with E-state index in [0.29, 0.717) is 29.9 Å². The molecule has 4 aliphatic carbocycles. The van der Waals surface area contributed by atoms with Gasteiger partial charge in [-0.3, -0.25) is 14.4 Å². The fourth-order valence-corrected chi connectivity index (χ4v) is 6.24. The van der Waals surface area contributed by atoms with Crippen molar-refractivity contribution in [2.75, 3.05) is 13.2 Å². The Morgan fingerprint density at radius 2 is 1.81 bits per heavy atom. The fraction of sp³-hybridized carbons (Fsp3) is 0.704. The zero-order valence-corrected chi connectivity index (χ0v) is 21.8. The Balaban J connectivity index is 1.48. The quantitative estimate of drug-likeness (QED) is 0.427. The van der Waals surface area contributed by atoms with E-state index in [-0.39, 0.29) is 36.7 Å². The van der Waals surface area contributed by atoms with Crippen molar-refractivity contribution in [1.82, 2.24) is 20.4 Å². The summed E-state index contributed by atoms with van der Waals surface area (Å²) in [6, 6.07) is 0.218. The Morgan fingerprint density at radius 1 is 1.17 bits per heavy atom. The predicted molar refractivity (Wildman–Crippen MR) is 135 cm³/mol. The number of aromatic nitrogens is 2. The third kappa shape index (κ3) is 5.93. The second-order valence-electron chi connectivity index (χ2n) is 11.9. The molecule has 1 heterocycles. The van der Waals surface area contributed by atoms with Crippen LogP contribution in [-0.4, -0.2) is 51.9 Å². The molecule has 0 aliphatic heterocycles. The summed E-state index contributed by atoms with van der Waals surface area (Å²) in [7, 11) is 0. The summed E-state index contributed by atoms with van der Waals surface area (Å²) in [4.78, 5) is 36.7. The number of rotatable bonds is 11. The molecule has 0 saturated heterocycles. The zero-order chi connectivity index (χ0) is 26.0. The molecule has 36 heavy (non-hydrogen) atoms. The third-order valence-electron chi connectivity index (χ3n) is 7.91. The van der Waals surface area contributed by atoms with Gasteiger partial charge in [0.05, 0.1) is 24.6 Å². The minimum absolute atomic E-state index is 0.0604. The van der Waals surface area contributed by atoms with Crippen LogP contribution >= 0.6 is 0 Å². The number of carboxylic acid groups (broad SMARTS) is 1. The van der Waals surface area contributed by atoms with Gasteiger partial charge >= 0.3 is 5.97 Å². The van der Waals surface area contributed by atoms with Crippen LogP contribution in [0.2, 0.25) is 0 Å². The van der Waals surface area contributed by atoms with Crippen molar-refractivity contribution in [3.63, 3.8) is 0 Å². The molecule has 4 fully saturated rings. The first kappa shape index (κ1) is 26.2. The lowest BCUT2D eigenvalue weighted by molar-refractivity contribution is -0.137. The lowest BCUT2D eigenvalue weighted by Gasteiger charge is -2.54. The van der Waals surface area contributed by atoms with Gasteiger partial charge in [0.15, 0.2) is 0 Å². The van der Waals surface area contributed by atoms with Crippen LogP contribution in [-0.2, 0) is 9.59 Å². The molecule has 9 heteroatoms. The third-order valence-corrected chi connectivity index (χ3v) is 7.91. The molecule has 0 aromatic carbocycles. The molecule has 198 valence electrons. The van der Waals surface area contributed by atoms with E-state index in [1.165, 1.54) is 43.0 Å². The van der Waals surface area contributed by atoms with Crippen molar-refractivity contribution in [2.45, 2.75) is 72.3 Å². The van der Waals surface area contributed by atoms with E-state index in [9.17, 15) is 14.4 Å². The number of carbonyl (C=O) groups is 3. The van der Waals surface area contributed by atoms with E-state index in [2.05, 4.69) is 15.7 Å². The number of carboxylic acids is 1. The summed E-state index contributed by atoms with van der Waals surface area (Å²) in [5.74, 6) is 2.02. The highest BCUT2D eigenvalue weighted by atomic mass is 16.5. The van der Waals surface area contributed by atoms with Gasteiger partial charge in [0, 0.05) is 18.8 Å². The highest BCUT2D eigenvalue weighted by molar-refractivity contribution is 5.96. The SMILES string of the molecule is CC(C)COc1c(C(=O)NC2C3CC4CC(C3)CC2C4)cnn1C=CC(C)(C)C(=O)NCCC(=O)O. The molecule has 1 aromatic rings. The van der Waals surface area contributed by atoms with Crippen LogP contribution in [0.4, 0.5) is 0 Å². The van der Waals surface area contributed by atoms with E-state index < -0.39 is 11.4 Å². The van der Waals surface area contributed by atoms with Gasteiger partial charge in [-0.25, -0.2) is 4.68 Å². The Labute approximate surface area is 213 Å². The van der Waals surface area contributed by atoms with Crippen LogP contribution in [0.1, 0.15) is 76.6 Å². The van der Waals surface area contributed by atoms with Gasteiger partial charge in [0.25, 0.3) is 5.91 Å². The Morgan fingerprint density at radius 3 is 2.39 bits per heavy atom. The van der Waals surface area contributed by atoms with Crippen LogP contribution in [0.25, 0.3) is 6.20 Å². The summed E-state index contributed by atoms with van der Waals surface area (Å²) >= 11 is 0. The molecule has 4 aliphatic rings. The topological polar surface area (TPSA) is 123 Å². The van der Waals surface area contributed by atoms with E-state index >= 15 is 0 Å². The maximum absolute atomic E-state index is 13.4. The smallest absolute Gasteiger partial charge is 0.305 e. The first-order chi connectivity index (χ1) is 17.0. The average molecular weight is 501 g/mol. The van der Waals surface area contributed by atoms with E-state index in [1.54, 1.807) is 26.1 Å². The van der Waals surface area contributed by atoms with Gasteiger partial charge < -0.3 is 20.5 Å². The van der Waals surface area contributed by atoms with Crippen molar-refractivity contribution in [3.8, 4) is 5.88 Å². The first-order valence-electron chi connectivity index (χ1n) is 13.2. The number of amides is 2.